The number of rotatable bonds is 3. The van der Waals surface area contributed by atoms with Crippen LogP contribution in [0.15, 0.2) is 54.1 Å². The number of nitrogens with one attached hydrogen (secondary N) is 1. The van der Waals surface area contributed by atoms with Crippen LogP contribution in [0.2, 0.25) is 5.02 Å². The molecule has 0 saturated carbocycles. The average Bonchev–Trinajstić information content (AvgIpc) is 2.84. The zero-order valence-electron chi connectivity index (χ0n) is 12.5. The molecule has 1 fully saturated rings. The summed E-state index contributed by atoms with van der Waals surface area (Å²) in [4.78, 5) is 24.6. The molecule has 0 aromatic heterocycles. The van der Waals surface area contributed by atoms with Gasteiger partial charge in [-0.3, -0.25) is 15.0 Å². The highest BCUT2D eigenvalue weighted by atomic mass is 35.5. The molecule has 2 aromatic rings. The van der Waals surface area contributed by atoms with E-state index in [9.17, 15) is 9.59 Å². The summed E-state index contributed by atoms with van der Waals surface area (Å²) in [6.45, 7) is 2.07. The summed E-state index contributed by atoms with van der Waals surface area (Å²) in [6, 6.07) is 14.5. The Balaban J connectivity index is 1.90. The molecule has 0 aliphatic carbocycles. The van der Waals surface area contributed by atoms with Crippen LogP contribution in [0.3, 0.4) is 0 Å². The first-order valence-electron chi connectivity index (χ1n) is 7.30. The minimum atomic E-state index is -0.422. The standard InChI is InChI=1S/C18H15ClN2O2/c1-2-12-6-8-13(9-7-12)10-16-17(22)20-21(18(16)23)15-5-3-4-14(19)11-15/h3-11H,2H2,1H3,(H,20,22)/b16-10-. The minimum Gasteiger partial charge on any atom is -0.267 e. The molecule has 1 N–H and O–H groups in total. The number of nitrogens with zero attached hydrogens (tertiary/aromatic N) is 1. The molecule has 0 atom stereocenters. The fourth-order valence-electron chi connectivity index (χ4n) is 2.37. The van der Waals surface area contributed by atoms with Gasteiger partial charge < -0.3 is 0 Å². The van der Waals surface area contributed by atoms with Crippen molar-refractivity contribution in [1.82, 2.24) is 5.43 Å². The highest BCUT2D eigenvalue weighted by Crippen LogP contribution is 2.24. The van der Waals surface area contributed by atoms with Gasteiger partial charge in [0.15, 0.2) is 0 Å². The summed E-state index contributed by atoms with van der Waals surface area (Å²) in [5.74, 6) is -0.814. The van der Waals surface area contributed by atoms with E-state index in [1.54, 1.807) is 30.3 Å². The van der Waals surface area contributed by atoms with Crippen molar-refractivity contribution in [3.8, 4) is 0 Å². The third kappa shape index (κ3) is 3.12. The quantitative estimate of drug-likeness (QED) is 0.694. The summed E-state index contributed by atoms with van der Waals surface area (Å²) < 4.78 is 0. The van der Waals surface area contributed by atoms with Gasteiger partial charge in [0.25, 0.3) is 11.8 Å². The number of carbonyl (C=O) groups excluding carboxylic acids is 2. The largest absolute Gasteiger partial charge is 0.282 e. The van der Waals surface area contributed by atoms with Crippen molar-refractivity contribution in [1.29, 1.82) is 0 Å². The molecule has 2 amide bonds. The average molecular weight is 327 g/mol. The van der Waals surface area contributed by atoms with Crippen LogP contribution in [0.25, 0.3) is 6.08 Å². The molecule has 23 heavy (non-hydrogen) atoms. The third-order valence-corrected chi connectivity index (χ3v) is 3.89. The predicted octanol–water partition coefficient (Wildman–Crippen LogP) is 3.36. The zero-order valence-corrected chi connectivity index (χ0v) is 13.3. The van der Waals surface area contributed by atoms with E-state index < -0.39 is 11.8 Å². The van der Waals surface area contributed by atoms with Crippen LogP contribution in [0.1, 0.15) is 18.1 Å². The lowest BCUT2D eigenvalue weighted by Crippen LogP contribution is -2.35. The van der Waals surface area contributed by atoms with Crippen molar-refractivity contribution in [2.24, 2.45) is 0 Å². The molecule has 0 bridgehead atoms. The van der Waals surface area contributed by atoms with Crippen molar-refractivity contribution in [2.75, 3.05) is 5.01 Å². The van der Waals surface area contributed by atoms with Gasteiger partial charge in [-0.1, -0.05) is 48.9 Å². The van der Waals surface area contributed by atoms with Crippen molar-refractivity contribution in [3.63, 3.8) is 0 Å². The first-order valence-corrected chi connectivity index (χ1v) is 7.68. The van der Waals surface area contributed by atoms with Crippen LogP contribution >= 0.6 is 11.6 Å². The van der Waals surface area contributed by atoms with Gasteiger partial charge in [0, 0.05) is 5.02 Å². The number of halogens is 1. The van der Waals surface area contributed by atoms with Crippen LogP contribution in [0, 0.1) is 0 Å². The lowest BCUT2D eigenvalue weighted by molar-refractivity contribution is -0.117. The van der Waals surface area contributed by atoms with Crippen molar-refractivity contribution in [2.45, 2.75) is 13.3 Å². The predicted molar refractivity (Wildman–Crippen MR) is 90.9 cm³/mol. The molecule has 4 nitrogen and oxygen atoms in total. The number of anilines is 1. The Kier molecular flexibility index (Phi) is 4.17. The molecule has 116 valence electrons. The van der Waals surface area contributed by atoms with Gasteiger partial charge in [-0.15, -0.1) is 0 Å². The summed E-state index contributed by atoms with van der Waals surface area (Å²) in [5.41, 5.74) is 5.21. The van der Waals surface area contributed by atoms with E-state index in [4.69, 9.17) is 11.6 Å². The van der Waals surface area contributed by atoms with E-state index in [1.807, 2.05) is 24.3 Å². The highest BCUT2D eigenvalue weighted by molar-refractivity contribution is 6.33. The van der Waals surface area contributed by atoms with E-state index in [-0.39, 0.29) is 5.57 Å². The second-order valence-electron chi connectivity index (χ2n) is 5.21. The SMILES string of the molecule is CCc1ccc(/C=C2/C(=O)NN(c3cccc(Cl)c3)C2=O)cc1. The topological polar surface area (TPSA) is 49.4 Å². The number of hydrogen-bond donors (Lipinski definition) is 1. The highest BCUT2D eigenvalue weighted by Gasteiger charge is 2.34. The lowest BCUT2D eigenvalue weighted by Gasteiger charge is -2.14. The molecule has 0 unspecified atom stereocenters. The Morgan fingerprint density at radius 3 is 2.52 bits per heavy atom. The first kappa shape index (κ1) is 15.3. The van der Waals surface area contributed by atoms with Crippen molar-refractivity contribution >= 4 is 35.2 Å². The second-order valence-corrected chi connectivity index (χ2v) is 5.65. The molecule has 1 aliphatic heterocycles. The Labute approximate surface area is 139 Å². The fraction of sp³-hybridized carbons (Fsp3) is 0.111. The van der Waals surface area contributed by atoms with E-state index in [0.29, 0.717) is 10.7 Å². The smallest absolute Gasteiger partial charge is 0.267 e. The van der Waals surface area contributed by atoms with Crippen LogP contribution < -0.4 is 10.4 Å². The van der Waals surface area contributed by atoms with Gasteiger partial charge >= 0.3 is 0 Å². The van der Waals surface area contributed by atoms with Gasteiger partial charge in [0.1, 0.15) is 5.57 Å². The first-order chi connectivity index (χ1) is 11.1. The van der Waals surface area contributed by atoms with Crippen LogP contribution in [0.4, 0.5) is 5.69 Å². The number of carbonyl (C=O) groups is 2. The molecule has 5 heteroatoms. The van der Waals surface area contributed by atoms with E-state index >= 15 is 0 Å². The van der Waals surface area contributed by atoms with Crippen molar-refractivity contribution in [3.05, 3.63) is 70.3 Å². The minimum absolute atomic E-state index is 0.106. The summed E-state index contributed by atoms with van der Waals surface area (Å²) in [5, 5.41) is 1.71. The molecular weight excluding hydrogens is 312 g/mol. The maximum absolute atomic E-state index is 12.5. The van der Waals surface area contributed by atoms with Crippen LogP contribution in [-0.4, -0.2) is 11.8 Å². The van der Waals surface area contributed by atoms with E-state index in [2.05, 4.69) is 12.3 Å². The van der Waals surface area contributed by atoms with E-state index in [1.165, 1.54) is 10.6 Å². The fourth-order valence-corrected chi connectivity index (χ4v) is 2.56. The lowest BCUT2D eigenvalue weighted by atomic mass is 10.1. The number of hydrazine groups is 1. The number of benzene rings is 2. The maximum Gasteiger partial charge on any atom is 0.282 e. The van der Waals surface area contributed by atoms with Gasteiger partial charge in [-0.25, -0.2) is 5.01 Å². The van der Waals surface area contributed by atoms with Gasteiger partial charge in [-0.05, 0) is 41.8 Å². The molecular formula is C18H15ClN2O2. The third-order valence-electron chi connectivity index (χ3n) is 3.66. The van der Waals surface area contributed by atoms with Gasteiger partial charge in [0.2, 0.25) is 0 Å². The van der Waals surface area contributed by atoms with Crippen molar-refractivity contribution < 1.29 is 9.59 Å². The summed E-state index contributed by atoms with van der Waals surface area (Å²) >= 11 is 5.94. The zero-order chi connectivity index (χ0) is 16.4. The number of amides is 2. The van der Waals surface area contributed by atoms with Gasteiger partial charge in [-0.2, -0.15) is 0 Å². The number of hydrogen-bond acceptors (Lipinski definition) is 2. The molecule has 1 saturated heterocycles. The molecule has 1 heterocycles. The molecule has 1 aliphatic rings. The van der Waals surface area contributed by atoms with Crippen LogP contribution in [-0.2, 0) is 16.0 Å². The Hall–Kier alpha value is -2.59. The Morgan fingerprint density at radius 2 is 1.87 bits per heavy atom. The number of aryl methyl sites for hydroxylation is 1. The van der Waals surface area contributed by atoms with E-state index in [0.717, 1.165) is 12.0 Å². The summed E-state index contributed by atoms with van der Waals surface area (Å²) in [7, 11) is 0. The Morgan fingerprint density at radius 1 is 1.13 bits per heavy atom. The second kappa shape index (κ2) is 6.26. The molecule has 0 radical (unpaired) electrons. The Bertz CT molecular complexity index is 797. The van der Waals surface area contributed by atoms with Gasteiger partial charge in [0.05, 0.1) is 5.69 Å². The molecule has 2 aromatic carbocycles. The maximum atomic E-state index is 12.5. The molecule has 3 rings (SSSR count). The normalized spacial score (nSPS) is 16.1. The van der Waals surface area contributed by atoms with Crippen LogP contribution in [0.5, 0.6) is 0 Å². The monoisotopic (exact) mass is 326 g/mol. The molecule has 0 spiro atoms. The summed E-state index contributed by atoms with van der Waals surface area (Å²) in [6.07, 6.45) is 2.54.